The molecule has 0 aliphatic heterocycles. The van der Waals surface area contributed by atoms with Crippen molar-refractivity contribution in [3.63, 3.8) is 0 Å². The van der Waals surface area contributed by atoms with Crippen molar-refractivity contribution in [2.45, 2.75) is 0 Å². The molecule has 2 aromatic rings. The number of hydrogen-bond acceptors (Lipinski definition) is 2. The van der Waals surface area contributed by atoms with Gasteiger partial charge in [-0.05, 0) is 39.5 Å². The number of amides is 1. The van der Waals surface area contributed by atoms with Gasteiger partial charge in [-0.1, -0.05) is 23.7 Å². The fourth-order valence-corrected chi connectivity index (χ4v) is 2.35. The molecule has 0 atom stereocenters. The zero-order chi connectivity index (χ0) is 11.5. The second kappa shape index (κ2) is 4.99. The molecule has 5 heteroatoms. The van der Waals surface area contributed by atoms with Crippen molar-refractivity contribution in [3.8, 4) is 0 Å². The molecule has 0 saturated heterocycles. The van der Waals surface area contributed by atoms with Gasteiger partial charge in [0.05, 0.1) is 20.1 Å². The molecule has 2 nitrogen and oxygen atoms in total. The summed E-state index contributed by atoms with van der Waals surface area (Å²) in [7, 11) is 0. The summed E-state index contributed by atoms with van der Waals surface area (Å²) in [5.41, 5.74) is 0.672. The zero-order valence-corrected chi connectivity index (χ0v) is 11.2. The van der Waals surface area contributed by atoms with E-state index in [1.807, 2.05) is 11.4 Å². The van der Waals surface area contributed by atoms with Gasteiger partial charge in [-0.15, -0.1) is 11.3 Å². The number of nitrogens with one attached hydrogen (secondary N) is 1. The summed E-state index contributed by atoms with van der Waals surface area (Å²) >= 11 is 10.7. The van der Waals surface area contributed by atoms with Gasteiger partial charge in [-0.2, -0.15) is 0 Å². The van der Waals surface area contributed by atoms with Crippen molar-refractivity contribution in [1.29, 1.82) is 0 Å². The molecule has 0 fully saturated rings. The average molecular weight is 317 g/mol. The summed E-state index contributed by atoms with van der Waals surface area (Å²) in [6.45, 7) is 0. The summed E-state index contributed by atoms with van der Waals surface area (Å²) in [6, 6.07) is 8.95. The highest BCUT2D eigenvalue weighted by atomic mass is 79.9. The van der Waals surface area contributed by atoms with Crippen LogP contribution in [0.15, 0.2) is 40.2 Å². The van der Waals surface area contributed by atoms with Crippen LogP contribution in [0.25, 0.3) is 0 Å². The summed E-state index contributed by atoms with van der Waals surface area (Å²) < 4.78 is 0.696. The molecule has 0 radical (unpaired) electrons. The highest BCUT2D eigenvalue weighted by Gasteiger charge is 2.10. The molecule has 1 amide bonds. The first-order chi connectivity index (χ1) is 7.68. The van der Waals surface area contributed by atoms with Crippen LogP contribution >= 0.6 is 38.9 Å². The molecule has 0 saturated carbocycles. The van der Waals surface area contributed by atoms with Crippen molar-refractivity contribution in [2.75, 3.05) is 5.32 Å². The SMILES string of the molecule is O=C(Nc1cccc(Cl)c1Br)c1cccs1. The van der Waals surface area contributed by atoms with Crippen LogP contribution in [0, 0.1) is 0 Å². The van der Waals surface area contributed by atoms with E-state index in [-0.39, 0.29) is 5.91 Å². The molecule has 0 aliphatic rings. The van der Waals surface area contributed by atoms with Crippen LogP contribution in [0.2, 0.25) is 5.02 Å². The van der Waals surface area contributed by atoms with Crippen LogP contribution in [0.3, 0.4) is 0 Å². The highest BCUT2D eigenvalue weighted by molar-refractivity contribution is 9.10. The molecule has 0 aliphatic carbocycles. The number of carbonyl (C=O) groups is 1. The van der Waals surface area contributed by atoms with Gasteiger partial charge in [0.2, 0.25) is 0 Å². The lowest BCUT2D eigenvalue weighted by molar-refractivity contribution is 0.103. The third-order valence-corrected chi connectivity index (χ3v) is 4.21. The third kappa shape index (κ3) is 2.45. The Bertz CT molecular complexity index is 513. The van der Waals surface area contributed by atoms with Crippen LogP contribution in [0.5, 0.6) is 0 Å². The van der Waals surface area contributed by atoms with Crippen molar-refractivity contribution >= 4 is 50.5 Å². The van der Waals surface area contributed by atoms with Crippen LogP contribution < -0.4 is 5.32 Å². The van der Waals surface area contributed by atoms with Crippen LogP contribution in [0.1, 0.15) is 9.67 Å². The third-order valence-electron chi connectivity index (χ3n) is 1.94. The smallest absolute Gasteiger partial charge is 0.265 e. The minimum atomic E-state index is -0.127. The molecular formula is C11H7BrClNOS. The molecule has 82 valence electrons. The molecule has 1 aromatic carbocycles. The van der Waals surface area contributed by atoms with Gasteiger partial charge in [0, 0.05) is 0 Å². The van der Waals surface area contributed by atoms with Gasteiger partial charge in [0.1, 0.15) is 0 Å². The quantitative estimate of drug-likeness (QED) is 0.873. The predicted molar refractivity (Wildman–Crippen MR) is 71.4 cm³/mol. The van der Waals surface area contributed by atoms with E-state index < -0.39 is 0 Å². The summed E-state index contributed by atoms with van der Waals surface area (Å²) in [5, 5.41) is 5.23. The normalized spacial score (nSPS) is 10.1. The number of hydrogen-bond donors (Lipinski definition) is 1. The Hall–Kier alpha value is -0.840. The lowest BCUT2D eigenvalue weighted by atomic mass is 10.3. The van der Waals surface area contributed by atoms with E-state index in [1.165, 1.54) is 11.3 Å². The van der Waals surface area contributed by atoms with E-state index in [0.717, 1.165) is 0 Å². The monoisotopic (exact) mass is 315 g/mol. The Labute approximate surface area is 110 Å². The maximum absolute atomic E-state index is 11.8. The molecule has 2 rings (SSSR count). The minimum Gasteiger partial charge on any atom is -0.320 e. The number of halogens is 2. The number of benzene rings is 1. The average Bonchev–Trinajstić information content (AvgIpc) is 2.78. The first-order valence-electron chi connectivity index (χ1n) is 4.47. The van der Waals surface area contributed by atoms with E-state index in [4.69, 9.17) is 11.6 Å². The topological polar surface area (TPSA) is 29.1 Å². The van der Waals surface area contributed by atoms with Crippen LogP contribution in [0.4, 0.5) is 5.69 Å². The standard InChI is InChI=1S/C11H7BrClNOS/c12-10-7(13)3-1-4-8(10)14-11(15)9-5-2-6-16-9/h1-6H,(H,14,15). The Morgan fingerprint density at radius 3 is 2.81 bits per heavy atom. The Kier molecular flexibility index (Phi) is 3.63. The largest absolute Gasteiger partial charge is 0.320 e. The van der Waals surface area contributed by atoms with Gasteiger partial charge in [-0.3, -0.25) is 4.79 Å². The molecule has 16 heavy (non-hydrogen) atoms. The minimum absolute atomic E-state index is 0.127. The fourth-order valence-electron chi connectivity index (χ4n) is 1.19. The van der Waals surface area contributed by atoms with Crippen LogP contribution in [-0.4, -0.2) is 5.91 Å². The predicted octanol–water partition coefficient (Wildman–Crippen LogP) is 4.42. The maximum atomic E-state index is 11.8. The van der Waals surface area contributed by atoms with Gasteiger partial charge in [0.25, 0.3) is 5.91 Å². The van der Waals surface area contributed by atoms with Gasteiger partial charge >= 0.3 is 0 Å². The van der Waals surface area contributed by atoms with Gasteiger partial charge < -0.3 is 5.32 Å². The van der Waals surface area contributed by atoms with Crippen molar-refractivity contribution < 1.29 is 4.79 Å². The number of anilines is 1. The highest BCUT2D eigenvalue weighted by Crippen LogP contribution is 2.30. The molecule has 1 heterocycles. The molecule has 0 bridgehead atoms. The Morgan fingerprint density at radius 1 is 1.31 bits per heavy atom. The van der Waals surface area contributed by atoms with Crippen molar-refractivity contribution in [1.82, 2.24) is 0 Å². The van der Waals surface area contributed by atoms with Crippen molar-refractivity contribution in [3.05, 3.63) is 50.1 Å². The van der Waals surface area contributed by atoms with Crippen molar-refractivity contribution in [2.24, 2.45) is 0 Å². The number of carbonyl (C=O) groups excluding carboxylic acids is 1. The number of rotatable bonds is 2. The van der Waals surface area contributed by atoms with E-state index in [0.29, 0.717) is 20.1 Å². The Balaban J connectivity index is 2.22. The van der Waals surface area contributed by atoms with E-state index in [9.17, 15) is 4.79 Å². The van der Waals surface area contributed by atoms with E-state index in [2.05, 4.69) is 21.2 Å². The second-order valence-corrected chi connectivity index (χ2v) is 5.18. The molecule has 0 unspecified atom stereocenters. The van der Waals surface area contributed by atoms with E-state index >= 15 is 0 Å². The van der Waals surface area contributed by atoms with Gasteiger partial charge in [0.15, 0.2) is 0 Å². The molecular weight excluding hydrogens is 310 g/mol. The van der Waals surface area contributed by atoms with Gasteiger partial charge in [-0.25, -0.2) is 0 Å². The van der Waals surface area contributed by atoms with Crippen LogP contribution in [-0.2, 0) is 0 Å². The molecule has 1 aromatic heterocycles. The lowest BCUT2D eigenvalue weighted by Gasteiger charge is -2.06. The molecule has 1 N–H and O–H groups in total. The fraction of sp³-hybridized carbons (Fsp3) is 0. The second-order valence-electron chi connectivity index (χ2n) is 3.03. The number of thiophene rings is 1. The summed E-state index contributed by atoms with van der Waals surface area (Å²) in [4.78, 5) is 12.4. The van der Waals surface area contributed by atoms with E-state index in [1.54, 1.807) is 24.3 Å². The first-order valence-corrected chi connectivity index (χ1v) is 6.52. The first kappa shape index (κ1) is 11.6. The Morgan fingerprint density at radius 2 is 2.12 bits per heavy atom. The molecule has 0 spiro atoms. The maximum Gasteiger partial charge on any atom is 0.265 e. The zero-order valence-electron chi connectivity index (χ0n) is 8.04. The summed E-state index contributed by atoms with van der Waals surface area (Å²) in [5.74, 6) is -0.127. The lowest BCUT2D eigenvalue weighted by Crippen LogP contribution is -2.10. The summed E-state index contributed by atoms with van der Waals surface area (Å²) in [6.07, 6.45) is 0.